The Morgan fingerprint density at radius 2 is 1.77 bits per heavy atom. The Balaban J connectivity index is 1.09. The van der Waals surface area contributed by atoms with Crippen LogP contribution in [0.5, 0.6) is 0 Å². The van der Waals surface area contributed by atoms with Crippen molar-refractivity contribution in [1.82, 2.24) is 14.9 Å². The van der Waals surface area contributed by atoms with Gasteiger partial charge in [-0.05, 0) is 63.1 Å². The van der Waals surface area contributed by atoms with E-state index in [4.69, 9.17) is 28.2 Å². The smallest absolute Gasteiger partial charge is 0.306 e. The van der Waals surface area contributed by atoms with Crippen molar-refractivity contribution in [3.8, 4) is 10.6 Å². The lowest BCUT2D eigenvalue weighted by molar-refractivity contribution is -0.142. The molecule has 3 aliphatic heterocycles. The molecular formula is C31H36Cl2N6O3S2. The Labute approximate surface area is 275 Å². The van der Waals surface area contributed by atoms with Gasteiger partial charge in [-0.15, -0.1) is 11.3 Å². The minimum Gasteiger partial charge on any atom is -0.481 e. The molecule has 13 heteroatoms. The molecule has 7 rings (SSSR count). The summed E-state index contributed by atoms with van der Waals surface area (Å²) < 4.78 is 0. The van der Waals surface area contributed by atoms with E-state index in [1.54, 1.807) is 17.4 Å². The van der Waals surface area contributed by atoms with Crippen LogP contribution < -0.4 is 15.1 Å². The number of likely N-dealkylation sites (tertiary alicyclic amines) is 1. The highest BCUT2D eigenvalue weighted by molar-refractivity contribution is 7.21. The van der Waals surface area contributed by atoms with Gasteiger partial charge < -0.3 is 14.9 Å². The molecule has 3 saturated heterocycles. The Morgan fingerprint density at radius 3 is 2.48 bits per heavy atom. The first-order valence-corrected chi connectivity index (χ1v) is 18.0. The second kappa shape index (κ2) is 12.7. The van der Waals surface area contributed by atoms with Gasteiger partial charge in [-0.2, -0.15) is 0 Å². The van der Waals surface area contributed by atoms with Crippen LogP contribution in [0.15, 0.2) is 23.7 Å². The van der Waals surface area contributed by atoms with Gasteiger partial charge in [0.05, 0.1) is 26.4 Å². The van der Waals surface area contributed by atoms with Gasteiger partial charge in [-0.3, -0.25) is 19.8 Å². The molecule has 0 spiro atoms. The van der Waals surface area contributed by atoms with Gasteiger partial charge in [-0.25, -0.2) is 9.97 Å². The number of carbonyl (C=O) groups is 2. The second-order valence-electron chi connectivity index (χ2n) is 12.4. The van der Waals surface area contributed by atoms with Gasteiger partial charge in [0.2, 0.25) is 0 Å². The highest BCUT2D eigenvalue weighted by atomic mass is 35.5. The molecule has 3 aromatic heterocycles. The first-order valence-electron chi connectivity index (χ1n) is 15.5. The van der Waals surface area contributed by atoms with Crippen molar-refractivity contribution < 1.29 is 14.7 Å². The van der Waals surface area contributed by atoms with Crippen LogP contribution in [-0.2, 0) is 4.79 Å². The van der Waals surface area contributed by atoms with Crippen LogP contribution in [0.3, 0.4) is 0 Å². The fourth-order valence-electron chi connectivity index (χ4n) is 7.54. The molecule has 4 aliphatic rings. The number of carboxylic acids is 1. The Hall–Kier alpha value is -2.44. The summed E-state index contributed by atoms with van der Waals surface area (Å²) in [7, 11) is 0. The van der Waals surface area contributed by atoms with Crippen molar-refractivity contribution in [1.29, 1.82) is 0 Å². The number of thiazole rings is 1. The molecule has 1 amide bonds. The first-order chi connectivity index (χ1) is 21.3. The maximum Gasteiger partial charge on any atom is 0.306 e. The molecule has 0 aromatic carbocycles. The van der Waals surface area contributed by atoms with Crippen molar-refractivity contribution >= 4 is 73.7 Å². The van der Waals surface area contributed by atoms with E-state index < -0.39 is 5.97 Å². The van der Waals surface area contributed by atoms with Crippen molar-refractivity contribution in [2.45, 2.75) is 63.5 Å². The lowest BCUT2D eigenvalue weighted by Crippen LogP contribution is -2.49. The van der Waals surface area contributed by atoms with Crippen LogP contribution >= 0.6 is 45.9 Å². The molecule has 44 heavy (non-hydrogen) atoms. The number of carboxylic acid groups (broad SMARTS) is 1. The number of hydrogen-bond donors (Lipinski definition) is 2. The third kappa shape index (κ3) is 6.06. The van der Waals surface area contributed by atoms with Crippen molar-refractivity contribution in [3.63, 3.8) is 0 Å². The zero-order chi connectivity index (χ0) is 30.4. The van der Waals surface area contributed by atoms with E-state index in [1.165, 1.54) is 62.6 Å². The van der Waals surface area contributed by atoms with Gasteiger partial charge in [0, 0.05) is 49.8 Å². The number of piperidine rings is 2. The van der Waals surface area contributed by atoms with E-state index in [0.717, 1.165) is 34.7 Å². The number of carbonyl (C=O) groups excluding carboxylic acids is 1. The third-order valence-corrected chi connectivity index (χ3v) is 12.4. The lowest BCUT2D eigenvalue weighted by Gasteiger charge is -2.40. The second-order valence-corrected chi connectivity index (χ2v) is 15.2. The average Bonchev–Trinajstić information content (AvgIpc) is 3.83. The van der Waals surface area contributed by atoms with Crippen LogP contribution in [0.1, 0.15) is 61.7 Å². The molecule has 1 saturated carbocycles. The summed E-state index contributed by atoms with van der Waals surface area (Å²) >= 11 is 16.0. The number of nitrogens with one attached hydrogen (secondary N) is 1. The monoisotopic (exact) mass is 674 g/mol. The summed E-state index contributed by atoms with van der Waals surface area (Å²) in [5.74, 6) is -0.215. The summed E-state index contributed by atoms with van der Waals surface area (Å²) in [5.41, 5.74) is 1.21. The van der Waals surface area contributed by atoms with Gasteiger partial charge in [-0.1, -0.05) is 47.4 Å². The molecular weight excluding hydrogens is 639 g/mol. The van der Waals surface area contributed by atoms with Crippen molar-refractivity contribution in [2.75, 3.05) is 47.8 Å². The summed E-state index contributed by atoms with van der Waals surface area (Å²) in [5, 5.41) is 16.9. The van der Waals surface area contributed by atoms with E-state index in [0.29, 0.717) is 64.4 Å². The molecule has 9 nitrogen and oxygen atoms in total. The first kappa shape index (κ1) is 30.2. The lowest BCUT2D eigenvalue weighted by atomic mass is 9.90. The standard InChI is InChI=1S/C31H36Cl2N6O3S2/c32-21-13-25(43-17-21)26-29(38-15-19-4-3-9-39(24(19)16-38)22-5-1-2-6-22)44-31(35-26)36-28(40)20-12-23(33)27(34-14-20)37-10-7-18(8-11-37)30(41)42/h12-14,17-19,22,24H,1-11,15-16H2,(H,41,42)(H,35,36,40). The minimum atomic E-state index is -0.763. The molecule has 1 aliphatic carbocycles. The fourth-order valence-corrected chi connectivity index (χ4v) is 9.95. The largest absolute Gasteiger partial charge is 0.481 e. The maximum atomic E-state index is 13.4. The Bertz CT molecular complexity index is 1530. The number of anilines is 3. The van der Waals surface area contributed by atoms with Gasteiger partial charge >= 0.3 is 5.97 Å². The Kier molecular flexibility index (Phi) is 8.76. The SMILES string of the molecule is O=C(Nc1nc(-c2cc(Cl)cs2)c(N2CC3CCCN(C4CCCC4)C3C2)s1)c1cnc(N2CCC(C(=O)O)CC2)c(Cl)c1. The number of thiophene rings is 1. The third-order valence-electron chi connectivity index (χ3n) is 9.76. The summed E-state index contributed by atoms with van der Waals surface area (Å²) in [6, 6.07) is 4.86. The molecule has 2 unspecified atom stereocenters. The number of halogens is 2. The molecule has 0 radical (unpaired) electrons. The van der Waals surface area contributed by atoms with Crippen molar-refractivity contribution in [3.05, 3.63) is 39.3 Å². The van der Waals surface area contributed by atoms with E-state index in [9.17, 15) is 14.7 Å². The number of aromatic nitrogens is 2. The molecule has 2 N–H and O–H groups in total. The van der Waals surface area contributed by atoms with Gasteiger partial charge in [0.25, 0.3) is 5.91 Å². The Morgan fingerprint density at radius 1 is 0.977 bits per heavy atom. The number of rotatable bonds is 7. The zero-order valence-electron chi connectivity index (χ0n) is 24.4. The van der Waals surface area contributed by atoms with E-state index in [2.05, 4.69) is 20.1 Å². The summed E-state index contributed by atoms with van der Waals surface area (Å²) in [6.07, 6.45) is 10.5. The predicted molar refractivity (Wildman–Crippen MR) is 178 cm³/mol. The number of pyridine rings is 1. The number of aliphatic carboxylic acids is 1. The van der Waals surface area contributed by atoms with E-state index in [-0.39, 0.29) is 11.8 Å². The topological polar surface area (TPSA) is 102 Å². The van der Waals surface area contributed by atoms with Crippen molar-refractivity contribution in [2.24, 2.45) is 11.8 Å². The van der Waals surface area contributed by atoms with Gasteiger partial charge in [0.15, 0.2) is 5.13 Å². The molecule has 6 heterocycles. The van der Waals surface area contributed by atoms with E-state index in [1.807, 2.05) is 16.3 Å². The number of hydrogen-bond acceptors (Lipinski definition) is 9. The maximum absolute atomic E-state index is 13.4. The molecule has 234 valence electrons. The van der Waals surface area contributed by atoms with Crippen LogP contribution in [0, 0.1) is 11.8 Å². The predicted octanol–water partition coefficient (Wildman–Crippen LogP) is 6.97. The van der Waals surface area contributed by atoms with Gasteiger partial charge in [0.1, 0.15) is 16.5 Å². The molecule has 4 fully saturated rings. The fraction of sp³-hybridized carbons (Fsp3) is 0.548. The highest BCUT2D eigenvalue weighted by Crippen LogP contribution is 2.46. The number of nitrogens with zero attached hydrogens (tertiary/aromatic N) is 5. The van der Waals surface area contributed by atoms with Crippen LogP contribution in [0.25, 0.3) is 10.6 Å². The molecule has 3 aromatic rings. The number of amides is 1. The van der Waals surface area contributed by atoms with E-state index >= 15 is 0 Å². The minimum absolute atomic E-state index is 0.325. The molecule has 0 bridgehead atoms. The summed E-state index contributed by atoms with van der Waals surface area (Å²) in [6.45, 7) is 4.30. The normalized spacial score (nSPS) is 23.3. The van der Waals surface area contributed by atoms with Crippen LogP contribution in [-0.4, -0.2) is 76.7 Å². The zero-order valence-corrected chi connectivity index (χ0v) is 27.5. The summed E-state index contributed by atoms with van der Waals surface area (Å²) in [4.78, 5) is 42.4. The molecule has 2 atom stereocenters. The highest BCUT2D eigenvalue weighted by Gasteiger charge is 2.43. The average molecular weight is 676 g/mol. The van der Waals surface area contributed by atoms with Crippen LogP contribution in [0.2, 0.25) is 10.0 Å². The number of fused-ring (bicyclic) bond motifs is 1. The van der Waals surface area contributed by atoms with Crippen LogP contribution in [0.4, 0.5) is 16.0 Å². The quantitative estimate of drug-likeness (QED) is 0.277.